The minimum absolute atomic E-state index is 0.603. The Bertz CT molecular complexity index is 628. The number of benzene rings is 2. The Kier molecular flexibility index (Phi) is 3.83. The molecule has 3 nitrogen and oxygen atoms in total. The van der Waals surface area contributed by atoms with Gasteiger partial charge in [0.25, 0.3) is 0 Å². The van der Waals surface area contributed by atoms with Crippen LogP contribution in [-0.4, -0.2) is 13.2 Å². The van der Waals surface area contributed by atoms with Crippen molar-refractivity contribution in [2.24, 2.45) is 0 Å². The van der Waals surface area contributed by atoms with Gasteiger partial charge in [-0.2, -0.15) is 0 Å². The highest BCUT2D eigenvalue weighted by Crippen LogP contribution is 2.38. The number of hydrogen-bond acceptors (Lipinski definition) is 3. The topological polar surface area (TPSA) is 30.5 Å². The summed E-state index contributed by atoms with van der Waals surface area (Å²) in [6.07, 6.45) is 0. The maximum absolute atomic E-state index is 5.61. The zero-order chi connectivity index (χ0) is 13.9. The molecule has 0 fully saturated rings. The van der Waals surface area contributed by atoms with Crippen LogP contribution in [0.2, 0.25) is 0 Å². The van der Waals surface area contributed by atoms with Crippen LogP contribution >= 0.6 is 15.9 Å². The first-order valence-corrected chi connectivity index (χ1v) is 7.41. The fourth-order valence-corrected chi connectivity index (χ4v) is 2.66. The number of fused-ring (bicyclic) bond motifs is 1. The van der Waals surface area contributed by atoms with Crippen LogP contribution in [0.1, 0.15) is 11.1 Å². The second kappa shape index (κ2) is 5.75. The molecule has 2 aromatic rings. The minimum Gasteiger partial charge on any atom is -0.486 e. The first-order valence-electron chi connectivity index (χ1n) is 6.61. The van der Waals surface area contributed by atoms with Gasteiger partial charge in [-0.25, -0.2) is 0 Å². The summed E-state index contributed by atoms with van der Waals surface area (Å²) in [5.41, 5.74) is 3.58. The Labute approximate surface area is 127 Å². The third-order valence-electron chi connectivity index (χ3n) is 3.36. The van der Waals surface area contributed by atoms with E-state index in [0.29, 0.717) is 13.2 Å². The van der Waals surface area contributed by atoms with E-state index in [1.54, 1.807) is 0 Å². The van der Waals surface area contributed by atoms with Crippen molar-refractivity contribution in [1.29, 1.82) is 0 Å². The lowest BCUT2D eigenvalue weighted by Crippen LogP contribution is -2.15. The highest BCUT2D eigenvalue weighted by Gasteiger charge is 2.14. The summed E-state index contributed by atoms with van der Waals surface area (Å²) >= 11 is 3.57. The van der Waals surface area contributed by atoms with Crippen LogP contribution in [-0.2, 0) is 6.54 Å². The van der Waals surface area contributed by atoms with Gasteiger partial charge in [-0.1, -0.05) is 24.3 Å². The van der Waals surface area contributed by atoms with E-state index >= 15 is 0 Å². The lowest BCUT2D eigenvalue weighted by molar-refractivity contribution is 0.171. The van der Waals surface area contributed by atoms with Crippen molar-refractivity contribution in [3.05, 3.63) is 52.0 Å². The average Bonchev–Trinajstić information content (AvgIpc) is 2.46. The summed E-state index contributed by atoms with van der Waals surface area (Å²) in [5, 5.41) is 3.44. The second-order valence-electron chi connectivity index (χ2n) is 4.76. The van der Waals surface area contributed by atoms with E-state index in [0.717, 1.165) is 28.2 Å². The molecule has 4 heteroatoms. The number of ether oxygens (including phenoxy) is 2. The monoisotopic (exact) mass is 333 g/mol. The van der Waals surface area contributed by atoms with E-state index in [1.165, 1.54) is 11.1 Å². The fourth-order valence-electron chi connectivity index (χ4n) is 2.20. The molecular formula is C16H16BrNO2. The molecule has 0 spiro atoms. The molecule has 104 valence electrons. The third kappa shape index (κ3) is 2.75. The van der Waals surface area contributed by atoms with E-state index in [1.807, 2.05) is 12.1 Å². The van der Waals surface area contributed by atoms with Gasteiger partial charge in [0.15, 0.2) is 11.5 Å². The molecule has 0 radical (unpaired) electrons. The lowest BCUT2D eigenvalue weighted by Gasteiger charge is -2.20. The molecule has 0 atom stereocenters. The van der Waals surface area contributed by atoms with Crippen molar-refractivity contribution in [3.8, 4) is 11.5 Å². The maximum atomic E-state index is 5.61. The molecule has 0 aromatic heterocycles. The van der Waals surface area contributed by atoms with Gasteiger partial charge < -0.3 is 14.8 Å². The molecule has 0 saturated heterocycles. The summed E-state index contributed by atoms with van der Waals surface area (Å²) in [7, 11) is 0. The Balaban J connectivity index is 1.79. The minimum atomic E-state index is 0.603. The van der Waals surface area contributed by atoms with Crippen molar-refractivity contribution < 1.29 is 9.47 Å². The predicted octanol–water partition coefficient (Wildman–Crippen LogP) is 4.14. The van der Waals surface area contributed by atoms with Crippen molar-refractivity contribution in [2.75, 3.05) is 18.5 Å². The van der Waals surface area contributed by atoms with Gasteiger partial charge in [0, 0.05) is 23.2 Å². The molecule has 3 rings (SSSR count). The molecule has 20 heavy (non-hydrogen) atoms. The molecule has 1 aliphatic rings. The van der Waals surface area contributed by atoms with E-state index in [-0.39, 0.29) is 0 Å². The molecule has 1 aliphatic heterocycles. The third-order valence-corrected chi connectivity index (χ3v) is 4.02. The summed E-state index contributed by atoms with van der Waals surface area (Å²) < 4.78 is 12.1. The predicted molar refractivity (Wildman–Crippen MR) is 83.6 cm³/mol. The maximum Gasteiger partial charge on any atom is 0.163 e. The summed E-state index contributed by atoms with van der Waals surface area (Å²) in [4.78, 5) is 0. The second-order valence-corrected chi connectivity index (χ2v) is 5.61. The van der Waals surface area contributed by atoms with E-state index in [9.17, 15) is 0 Å². The first kappa shape index (κ1) is 13.3. The normalized spacial score (nSPS) is 13.1. The van der Waals surface area contributed by atoms with Gasteiger partial charge in [-0.05, 0) is 34.0 Å². The van der Waals surface area contributed by atoms with Crippen molar-refractivity contribution in [3.63, 3.8) is 0 Å². The molecule has 1 N–H and O–H groups in total. The van der Waals surface area contributed by atoms with Crippen molar-refractivity contribution in [1.82, 2.24) is 0 Å². The van der Waals surface area contributed by atoms with Crippen LogP contribution in [0, 0.1) is 6.92 Å². The SMILES string of the molecule is Cc1ccccc1CNc1cc2c(cc1Br)OCCO2. The number of rotatable bonds is 3. The molecular weight excluding hydrogens is 318 g/mol. The molecule has 0 bridgehead atoms. The van der Waals surface area contributed by atoms with E-state index in [4.69, 9.17) is 9.47 Å². The summed E-state index contributed by atoms with van der Waals surface area (Å²) in [5.74, 6) is 1.59. The van der Waals surface area contributed by atoms with Gasteiger partial charge >= 0.3 is 0 Å². The quantitative estimate of drug-likeness (QED) is 0.915. The van der Waals surface area contributed by atoms with Gasteiger partial charge in [0.05, 0.1) is 5.69 Å². The summed E-state index contributed by atoms with van der Waals surface area (Å²) in [6.45, 7) is 4.11. The Morgan fingerprint density at radius 1 is 1.10 bits per heavy atom. The number of anilines is 1. The van der Waals surface area contributed by atoms with Gasteiger partial charge in [0.1, 0.15) is 13.2 Å². The Morgan fingerprint density at radius 3 is 2.55 bits per heavy atom. The van der Waals surface area contributed by atoms with E-state index in [2.05, 4.69) is 52.4 Å². The summed E-state index contributed by atoms with van der Waals surface area (Å²) in [6, 6.07) is 12.3. The Morgan fingerprint density at radius 2 is 1.80 bits per heavy atom. The van der Waals surface area contributed by atoms with Gasteiger partial charge in [-0.15, -0.1) is 0 Å². The van der Waals surface area contributed by atoms with Crippen LogP contribution in [0.15, 0.2) is 40.9 Å². The molecule has 2 aromatic carbocycles. The number of halogens is 1. The lowest BCUT2D eigenvalue weighted by atomic mass is 10.1. The number of nitrogens with one attached hydrogen (secondary N) is 1. The zero-order valence-electron chi connectivity index (χ0n) is 11.3. The largest absolute Gasteiger partial charge is 0.486 e. The van der Waals surface area contributed by atoms with Crippen LogP contribution in [0.25, 0.3) is 0 Å². The Hall–Kier alpha value is -1.68. The van der Waals surface area contributed by atoms with Gasteiger partial charge in [-0.3, -0.25) is 0 Å². The fraction of sp³-hybridized carbons (Fsp3) is 0.250. The van der Waals surface area contributed by atoms with Gasteiger partial charge in [0.2, 0.25) is 0 Å². The molecule has 0 saturated carbocycles. The van der Waals surface area contributed by atoms with Crippen molar-refractivity contribution in [2.45, 2.75) is 13.5 Å². The highest BCUT2D eigenvalue weighted by molar-refractivity contribution is 9.10. The van der Waals surface area contributed by atoms with Crippen LogP contribution in [0.3, 0.4) is 0 Å². The molecule has 0 aliphatic carbocycles. The number of hydrogen-bond donors (Lipinski definition) is 1. The standard InChI is InChI=1S/C16H16BrNO2/c1-11-4-2-3-5-12(11)10-18-14-9-16-15(8-13(14)17)19-6-7-20-16/h2-5,8-9,18H,6-7,10H2,1H3. The van der Waals surface area contributed by atoms with Crippen LogP contribution in [0.5, 0.6) is 11.5 Å². The molecule has 1 heterocycles. The van der Waals surface area contributed by atoms with Crippen molar-refractivity contribution >= 4 is 21.6 Å². The number of aryl methyl sites for hydroxylation is 1. The van der Waals surface area contributed by atoms with E-state index < -0.39 is 0 Å². The first-order chi connectivity index (χ1) is 9.74. The molecule has 0 amide bonds. The van der Waals surface area contributed by atoms with Crippen LogP contribution < -0.4 is 14.8 Å². The smallest absolute Gasteiger partial charge is 0.163 e. The van der Waals surface area contributed by atoms with Crippen LogP contribution in [0.4, 0.5) is 5.69 Å². The highest BCUT2D eigenvalue weighted by atomic mass is 79.9. The molecule has 0 unspecified atom stereocenters. The zero-order valence-corrected chi connectivity index (χ0v) is 12.9. The average molecular weight is 334 g/mol.